The van der Waals surface area contributed by atoms with Gasteiger partial charge in [-0.15, -0.1) is 5.10 Å². The van der Waals surface area contributed by atoms with Gasteiger partial charge in [0.05, 0.1) is 11.4 Å². The Kier molecular flexibility index (Phi) is 10.0. The first-order chi connectivity index (χ1) is 25.7. The number of nitrogens with zero attached hydrogens (tertiary/aromatic N) is 8. The van der Waals surface area contributed by atoms with Crippen LogP contribution >= 0.6 is 0 Å². The number of H-pyrrole nitrogens is 1. The number of likely N-dealkylation sites (N-methyl/N-ethyl adjacent to an activating group) is 1. The number of nitrogens with one attached hydrogen (secondary N) is 4. The molecule has 7 rings (SSSR count). The van der Waals surface area contributed by atoms with E-state index in [1.165, 1.54) is 11.6 Å². The van der Waals surface area contributed by atoms with Gasteiger partial charge < -0.3 is 26.0 Å². The van der Waals surface area contributed by atoms with Crippen molar-refractivity contribution in [2.75, 3.05) is 49.2 Å². The average molecular weight is 713 g/mol. The summed E-state index contributed by atoms with van der Waals surface area (Å²) in [5.41, 5.74) is 6.44. The highest BCUT2D eigenvalue weighted by Gasteiger charge is 2.23. The van der Waals surface area contributed by atoms with E-state index < -0.39 is 11.9 Å². The number of aromatic nitrogens is 5. The Balaban J connectivity index is 0.972. The quantitative estimate of drug-likeness (QED) is 0.131. The molecule has 0 atom stereocenters. The number of hydrogen-bond acceptors (Lipinski definition) is 12. The summed E-state index contributed by atoms with van der Waals surface area (Å²) in [5.74, 6) is -1.48. The number of aromatic carboxylic acids is 1. The van der Waals surface area contributed by atoms with Crippen LogP contribution in [0.4, 0.5) is 23.1 Å². The summed E-state index contributed by atoms with van der Waals surface area (Å²) in [5, 5.41) is 32.1. The minimum absolute atomic E-state index is 0.130. The Morgan fingerprint density at radius 1 is 0.887 bits per heavy atom. The van der Waals surface area contributed by atoms with Crippen molar-refractivity contribution in [3.8, 4) is 11.3 Å². The van der Waals surface area contributed by atoms with Crippen LogP contribution in [0.3, 0.4) is 0 Å². The molecule has 1 fully saturated rings. The molecule has 0 saturated carbocycles. The molecule has 16 heteroatoms. The van der Waals surface area contributed by atoms with Crippen molar-refractivity contribution in [2.45, 2.75) is 19.9 Å². The highest BCUT2D eigenvalue weighted by molar-refractivity contribution is 6.47. The van der Waals surface area contributed by atoms with E-state index in [2.05, 4.69) is 63.2 Å². The summed E-state index contributed by atoms with van der Waals surface area (Å²) in [6.07, 6.45) is 5.06. The number of benzene rings is 2. The molecule has 16 nitrogen and oxygen atoms in total. The predicted molar refractivity (Wildman–Crippen MR) is 200 cm³/mol. The topological polar surface area (TPSA) is 206 Å². The second kappa shape index (κ2) is 15.3. The van der Waals surface area contributed by atoms with Crippen LogP contribution in [0.1, 0.15) is 44.0 Å². The van der Waals surface area contributed by atoms with E-state index in [0.29, 0.717) is 39.7 Å². The Labute approximate surface area is 304 Å². The number of aromatic amines is 1. The third-order valence-electron chi connectivity index (χ3n) is 8.92. The molecule has 0 spiro atoms. The van der Waals surface area contributed by atoms with Crippen LogP contribution in [0.2, 0.25) is 0 Å². The molecule has 0 aliphatic carbocycles. The molecule has 0 unspecified atom stereocenters. The van der Waals surface area contributed by atoms with Gasteiger partial charge in [0, 0.05) is 91.9 Å². The molecule has 2 aliphatic rings. The van der Waals surface area contributed by atoms with Crippen molar-refractivity contribution in [1.82, 2.24) is 34.9 Å². The first-order valence-electron chi connectivity index (χ1n) is 16.9. The molecule has 1 saturated heterocycles. The van der Waals surface area contributed by atoms with E-state index in [0.717, 1.165) is 44.0 Å². The van der Waals surface area contributed by atoms with Crippen LogP contribution in [0.5, 0.6) is 0 Å². The number of anilines is 4. The number of carbonyl (C=O) groups is 3. The monoisotopic (exact) mass is 712 g/mol. The van der Waals surface area contributed by atoms with Gasteiger partial charge in [0.2, 0.25) is 5.95 Å². The fourth-order valence-corrected chi connectivity index (χ4v) is 5.83. The first kappa shape index (κ1) is 34.8. The van der Waals surface area contributed by atoms with Crippen molar-refractivity contribution < 1.29 is 19.5 Å². The van der Waals surface area contributed by atoms with Gasteiger partial charge in [-0.25, -0.2) is 14.8 Å². The molecule has 268 valence electrons. The number of piperazine rings is 1. The van der Waals surface area contributed by atoms with E-state index in [9.17, 15) is 14.4 Å². The van der Waals surface area contributed by atoms with E-state index in [-0.39, 0.29) is 29.6 Å². The van der Waals surface area contributed by atoms with Gasteiger partial charge >= 0.3 is 5.97 Å². The molecular formula is C37H36N12O4. The zero-order chi connectivity index (χ0) is 36.9. The molecule has 53 heavy (non-hydrogen) atoms. The summed E-state index contributed by atoms with van der Waals surface area (Å²) in [6, 6.07) is 18.2. The fraction of sp³-hybridized carbons (Fsp3) is 0.216. The predicted octanol–water partition coefficient (Wildman–Crippen LogP) is 4.20. The van der Waals surface area contributed by atoms with Crippen LogP contribution in [0.25, 0.3) is 11.3 Å². The second-order valence-corrected chi connectivity index (χ2v) is 12.8. The third-order valence-corrected chi connectivity index (χ3v) is 8.92. The Bertz CT molecular complexity index is 2240. The molecule has 2 aliphatic heterocycles. The van der Waals surface area contributed by atoms with Gasteiger partial charge in [0.15, 0.2) is 5.69 Å². The molecular weight excluding hydrogens is 676 g/mol. The molecule has 3 aromatic heterocycles. The van der Waals surface area contributed by atoms with Crippen LogP contribution < -0.4 is 16.0 Å². The largest absolute Gasteiger partial charge is 0.476 e. The maximum absolute atomic E-state index is 13.1. The Hall–Kier alpha value is -6.65. The van der Waals surface area contributed by atoms with E-state index in [1.807, 2.05) is 55.5 Å². The normalized spacial score (nSPS) is 14.7. The van der Waals surface area contributed by atoms with E-state index in [4.69, 9.17) is 10.1 Å². The molecule has 2 amide bonds. The number of carboxylic acid groups (broad SMARTS) is 1. The van der Waals surface area contributed by atoms with Crippen LogP contribution in [0.15, 0.2) is 89.5 Å². The van der Waals surface area contributed by atoms with Gasteiger partial charge in [-0.1, -0.05) is 18.2 Å². The maximum atomic E-state index is 13.1. The molecule has 5 aromatic rings. The minimum atomic E-state index is -1.22. The minimum Gasteiger partial charge on any atom is -0.476 e. The van der Waals surface area contributed by atoms with Gasteiger partial charge in [-0.05, 0) is 61.5 Å². The van der Waals surface area contributed by atoms with Crippen LogP contribution in [0, 0.1) is 6.92 Å². The summed E-state index contributed by atoms with van der Waals surface area (Å²) < 4.78 is 0. The Morgan fingerprint density at radius 3 is 2.45 bits per heavy atom. The van der Waals surface area contributed by atoms with Gasteiger partial charge in [0.1, 0.15) is 11.5 Å². The van der Waals surface area contributed by atoms with Crippen molar-refractivity contribution in [1.29, 1.82) is 0 Å². The van der Waals surface area contributed by atoms with Gasteiger partial charge in [0.25, 0.3) is 11.8 Å². The molecule has 0 bridgehead atoms. The van der Waals surface area contributed by atoms with E-state index >= 15 is 0 Å². The number of carbonyl (C=O) groups excluding carboxylic acids is 2. The third kappa shape index (κ3) is 8.46. The number of aryl methyl sites for hydroxylation is 1. The lowest BCUT2D eigenvalue weighted by atomic mass is 10.0. The summed E-state index contributed by atoms with van der Waals surface area (Å²) in [7, 11) is 2.14. The SMILES string of the molecule is Cc1ccc(NC(=O)c2ccc(CN3CCN(C)CC3)cc2)cc1Nc1nccc(-c2cncc(C3=NN=C(C(=O)Nc4cc(C(=O)O)n[nH]4)C3)c2)n1. The first-order valence-corrected chi connectivity index (χ1v) is 16.9. The maximum Gasteiger partial charge on any atom is 0.356 e. The van der Waals surface area contributed by atoms with Crippen molar-refractivity contribution in [3.05, 3.63) is 107 Å². The summed E-state index contributed by atoms with van der Waals surface area (Å²) in [6.45, 7) is 7.01. The number of rotatable bonds is 11. The van der Waals surface area contributed by atoms with Crippen molar-refractivity contribution in [2.24, 2.45) is 10.2 Å². The second-order valence-electron chi connectivity index (χ2n) is 12.8. The highest BCUT2D eigenvalue weighted by atomic mass is 16.4. The lowest BCUT2D eigenvalue weighted by molar-refractivity contribution is -0.110. The van der Waals surface area contributed by atoms with Crippen LogP contribution in [-0.4, -0.2) is 102 Å². The fourth-order valence-electron chi connectivity index (χ4n) is 5.83. The highest BCUT2D eigenvalue weighted by Crippen LogP contribution is 2.26. The molecule has 5 N–H and O–H groups in total. The number of hydrogen-bond donors (Lipinski definition) is 5. The van der Waals surface area contributed by atoms with E-state index in [1.54, 1.807) is 24.7 Å². The molecule has 0 radical (unpaired) electrons. The van der Waals surface area contributed by atoms with Crippen LogP contribution in [-0.2, 0) is 11.3 Å². The summed E-state index contributed by atoms with van der Waals surface area (Å²) >= 11 is 0. The molecule has 5 heterocycles. The molecule has 2 aromatic carbocycles. The lowest BCUT2D eigenvalue weighted by Crippen LogP contribution is -2.43. The van der Waals surface area contributed by atoms with Crippen molar-refractivity contribution in [3.63, 3.8) is 0 Å². The lowest BCUT2D eigenvalue weighted by Gasteiger charge is -2.32. The number of amides is 2. The average Bonchev–Trinajstić information content (AvgIpc) is 3.86. The number of pyridine rings is 1. The smallest absolute Gasteiger partial charge is 0.356 e. The zero-order valence-electron chi connectivity index (χ0n) is 29.0. The Morgan fingerprint density at radius 2 is 1.68 bits per heavy atom. The zero-order valence-corrected chi connectivity index (χ0v) is 29.0. The number of carboxylic acids is 1. The van der Waals surface area contributed by atoms with Crippen molar-refractivity contribution >= 4 is 52.3 Å². The van der Waals surface area contributed by atoms with Gasteiger partial charge in [-0.3, -0.25) is 24.6 Å². The van der Waals surface area contributed by atoms with Gasteiger partial charge in [-0.2, -0.15) is 10.2 Å². The standard InChI is InChI=1S/C37H36N12O4/c1-22-3-8-27(40-34(50)24-6-4-23(5-7-24)21-49-13-11-48(2)12-14-49)16-29(22)42-37-39-10-9-28(41-37)25-15-26(20-38-19-25)30-17-31(45-44-30)35(51)43-33-18-32(36(52)53)46-47-33/h3-10,15-16,18-20H,11-14,17,21H2,1-2H3,(H,40,50)(H,52,53)(H,39,41,42)(H2,43,46,47,51). The summed E-state index contributed by atoms with van der Waals surface area (Å²) in [4.78, 5) is 55.2.